The van der Waals surface area contributed by atoms with Crippen molar-refractivity contribution in [2.75, 3.05) is 0 Å². The Kier molecular flexibility index (Phi) is 3.09. The van der Waals surface area contributed by atoms with E-state index < -0.39 is 11.6 Å². The first kappa shape index (κ1) is 10.9. The average Bonchev–Trinajstić information content (AvgIpc) is 2.71. The highest BCUT2D eigenvalue weighted by atomic mass is 35.5. The molecule has 2 aromatic rings. The second-order valence-electron chi connectivity index (χ2n) is 3.13. The van der Waals surface area contributed by atoms with Gasteiger partial charge >= 0.3 is 0 Å². The fraction of sp³-hybridized carbons (Fsp3) is 0.222. The van der Waals surface area contributed by atoms with Crippen LogP contribution in [0.4, 0.5) is 8.78 Å². The zero-order valence-corrected chi connectivity index (χ0v) is 8.82. The van der Waals surface area contributed by atoms with Crippen molar-refractivity contribution < 1.29 is 8.78 Å². The second-order valence-corrected chi connectivity index (χ2v) is 3.40. The fourth-order valence-corrected chi connectivity index (χ4v) is 1.44. The van der Waals surface area contributed by atoms with Gasteiger partial charge in [-0.2, -0.15) is 0 Å². The summed E-state index contributed by atoms with van der Waals surface area (Å²) in [5, 5.41) is 10.8. The lowest BCUT2D eigenvalue weighted by molar-refractivity contribution is 0.505. The van der Waals surface area contributed by atoms with Crippen LogP contribution in [0.5, 0.6) is 0 Å². The summed E-state index contributed by atoms with van der Waals surface area (Å²) in [6.07, 6.45) is 0. The molecule has 0 fully saturated rings. The van der Waals surface area contributed by atoms with Crippen molar-refractivity contribution >= 4 is 11.6 Å². The van der Waals surface area contributed by atoms with Crippen molar-refractivity contribution in [2.24, 2.45) is 0 Å². The molecule has 0 aliphatic rings. The maximum absolute atomic E-state index is 12.9. The molecule has 16 heavy (non-hydrogen) atoms. The smallest absolute Gasteiger partial charge is 0.166 e. The number of aromatic nitrogens is 4. The SMILES string of the molecule is Fc1ccc(Cn2nnnc2CCl)cc1F. The molecule has 1 aromatic carbocycles. The van der Waals surface area contributed by atoms with Gasteiger partial charge in [0.05, 0.1) is 12.4 Å². The molecule has 0 amide bonds. The molecule has 84 valence electrons. The second kappa shape index (κ2) is 4.52. The molecule has 0 N–H and O–H groups in total. The van der Waals surface area contributed by atoms with E-state index in [0.29, 0.717) is 11.4 Å². The minimum atomic E-state index is -0.891. The molecule has 4 nitrogen and oxygen atoms in total. The maximum atomic E-state index is 12.9. The largest absolute Gasteiger partial charge is 0.224 e. The van der Waals surface area contributed by atoms with Crippen molar-refractivity contribution in [2.45, 2.75) is 12.4 Å². The van der Waals surface area contributed by atoms with E-state index in [9.17, 15) is 8.78 Å². The van der Waals surface area contributed by atoms with Gasteiger partial charge in [-0.3, -0.25) is 0 Å². The quantitative estimate of drug-likeness (QED) is 0.773. The van der Waals surface area contributed by atoms with Crippen LogP contribution < -0.4 is 0 Å². The number of rotatable bonds is 3. The van der Waals surface area contributed by atoms with E-state index in [2.05, 4.69) is 15.5 Å². The van der Waals surface area contributed by atoms with Crippen LogP contribution in [0.1, 0.15) is 11.4 Å². The number of nitrogens with zero attached hydrogens (tertiary/aromatic N) is 4. The molecular weight excluding hydrogens is 238 g/mol. The molecule has 0 aliphatic heterocycles. The Hall–Kier alpha value is -1.56. The lowest BCUT2D eigenvalue weighted by Crippen LogP contribution is -2.06. The van der Waals surface area contributed by atoms with Gasteiger partial charge in [-0.25, -0.2) is 13.5 Å². The van der Waals surface area contributed by atoms with E-state index in [1.54, 1.807) is 0 Å². The molecular formula is C9H7ClF2N4. The van der Waals surface area contributed by atoms with Crippen molar-refractivity contribution in [1.29, 1.82) is 0 Å². The fourth-order valence-electron chi connectivity index (χ4n) is 1.25. The van der Waals surface area contributed by atoms with E-state index in [1.165, 1.54) is 10.7 Å². The number of hydrogen-bond donors (Lipinski definition) is 0. The summed E-state index contributed by atoms with van der Waals surface area (Å²) >= 11 is 5.60. The van der Waals surface area contributed by atoms with Crippen LogP contribution in [0, 0.1) is 11.6 Å². The monoisotopic (exact) mass is 244 g/mol. The first-order valence-corrected chi connectivity index (χ1v) is 4.99. The van der Waals surface area contributed by atoms with Gasteiger partial charge in [-0.1, -0.05) is 6.07 Å². The van der Waals surface area contributed by atoms with Crippen LogP contribution in [0.2, 0.25) is 0 Å². The molecule has 0 unspecified atom stereocenters. The van der Waals surface area contributed by atoms with E-state index in [4.69, 9.17) is 11.6 Å². The van der Waals surface area contributed by atoms with Crippen molar-refractivity contribution in [3.63, 3.8) is 0 Å². The van der Waals surface area contributed by atoms with Crippen molar-refractivity contribution in [3.8, 4) is 0 Å². The molecule has 2 rings (SSSR count). The molecule has 1 aromatic heterocycles. The van der Waals surface area contributed by atoms with E-state index in [1.807, 2.05) is 0 Å². The lowest BCUT2D eigenvalue weighted by Gasteiger charge is -2.03. The normalized spacial score (nSPS) is 10.7. The topological polar surface area (TPSA) is 43.6 Å². The van der Waals surface area contributed by atoms with Crippen LogP contribution in [0.25, 0.3) is 0 Å². The average molecular weight is 245 g/mol. The van der Waals surface area contributed by atoms with Gasteiger partial charge in [0.25, 0.3) is 0 Å². The first-order valence-electron chi connectivity index (χ1n) is 4.45. The van der Waals surface area contributed by atoms with Gasteiger partial charge in [-0.15, -0.1) is 16.7 Å². The van der Waals surface area contributed by atoms with Gasteiger partial charge < -0.3 is 0 Å². The third-order valence-corrected chi connectivity index (χ3v) is 2.28. The zero-order chi connectivity index (χ0) is 11.5. The number of benzene rings is 1. The Morgan fingerprint density at radius 3 is 2.75 bits per heavy atom. The van der Waals surface area contributed by atoms with Crippen LogP contribution in [0.3, 0.4) is 0 Å². The summed E-state index contributed by atoms with van der Waals surface area (Å²) in [6, 6.07) is 3.64. The van der Waals surface area contributed by atoms with Crippen LogP contribution >= 0.6 is 11.6 Å². The van der Waals surface area contributed by atoms with Crippen LogP contribution in [-0.4, -0.2) is 20.2 Å². The Morgan fingerprint density at radius 2 is 2.06 bits per heavy atom. The Morgan fingerprint density at radius 1 is 1.25 bits per heavy atom. The first-order chi connectivity index (χ1) is 7.70. The maximum Gasteiger partial charge on any atom is 0.166 e. The van der Waals surface area contributed by atoms with Crippen molar-refractivity contribution in [1.82, 2.24) is 20.2 Å². The minimum Gasteiger partial charge on any atom is -0.224 e. The van der Waals surface area contributed by atoms with Gasteiger partial charge in [0.15, 0.2) is 17.5 Å². The summed E-state index contributed by atoms with van der Waals surface area (Å²) in [7, 11) is 0. The number of halogens is 3. The van der Waals surface area contributed by atoms with E-state index in [-0.39, 0.29) is 12.4 Å². The Bertz CT molecular complexity index is 500. The summed E-state index contributed by atoms with van der Waals surface area (Å²) in [4.78, 5) is 0. The molecule has 0 saturated heterocycles. The van der Waals surface area contributed by atoms with E-state index >= 15 is 0 Å². The Balaban J connectivity index is 2.24. The highest BCUT2D eigenvalue weighted by Gasteiger charge is 2.07. The lowest BCUT2D eigenvalue weighted by atomic mass is 10.2. The van der Waals surface area contributed by atoms with Gasteiger partial charge in [0.2, 0.25) is 0 Å². The van der Waals surface area contributed by atoms with Gasteiger partial charge in [-0.05, 0) is 28.1 Å². The van der Waals surface area contributed by atoms with E-state index in [0.717, 1.165) is 12.1 Å². The third-order valence-electron chi connectivity index (χ3n) is 2.04. The molecule has 7 heteroatoms. The molecule has 0 radical (unpaired) electrons. The zero-order valence-electron chi connectivity index (χ0n) is 8.07. The third kappa shape index (κ3) is 2.16. The predicted molar refractivity (Wildman–Crippen MR) is 52.8 cm³/mol. The summed E-state index contributed by atoms with van der Waals surface area (Å²) in [5.41, 5.74) is 0.567. The number of hydrogen-bond acceptors (Lipinski definition) is 3. The molecule has 0 atom stereocenters. The number of tetrazole rings is 1. The summed E-state index contributed by atoms with van der Waals surface area (Å²) < 4.78 is 27.0. The molecule has 1 heterocycles. The highest BCUT2D eigenvalue weighted by Crippen LogP contribution is 2.10. The predicted octanol–water partition coefficient (Wildman–Crippen LogP) is 1.74. The summed E-state index contributed by atoms with van der Waals surface area (Å²) in [6.45, 7) is 0.256. The molecule has 0 spiro atoms. The Labute approximate surface area is 94.8 Å². The standard InChI is InChI=1S/C9H7ClF2N4/c10-4-9-13-14-15-16(9)5-6-1-2-7(11)8(12)3-6/h1-3H,4-5H2. The van der Waals surface area contributed by atoms with Crippen LogP contribution in [-0.2, 0) is 12.4 Å². The summed E-state index contributed by atoms with van der Waals surface area (Å²) in [5.74, 6) is -1.13. The minimum absolute atomic E-state index is 0.163. The number of alkyl halides is 1. The van der Waals surface area contributed by atoms with Crippen molar-refractivity contribution in [3.05, 3.63) is 41.2 Å². The van der Waals surface area contributed by atoms with Crippen LogP contribution in [0.15, 0.2) is 18.2 Å². The van der Waals surface area contributed by atoms with Gasteiger partial charge in [0.1, 0.15) is 0 Å². The molecule has 0 aliphatic carbocycles. The highest BCUT2D eigenvalue weighted by molar-refractivity contribution is 6.16. The molecule has 0 saturated carbocycles. The van der Waals surface area contributed by atoms with Gasteiger partial charge in [0, 0.05) is 0 Å². The molecule has 0 bridgehead atoms.